The molecule has 240 valence electrons. The standard InChI is InChI=1S/C40H48N4O2/c1-7-11-13-25-21(5)29-17-35-37-27-15-16-28(40(46)39(27)45)38(37)36(44-35)18-30-22(6)26(14-12-8-2)34(42-30)20-32-24(10-4)23(9-3)31(43-32)19-33(25)41-29/h15-20,27-28,39-41,44-46H,7-14H2,1-6H3. The number of aromatic amines is 2. The van der Waals surface area contributed by atoms with Gasteiger partial charge in [-0.25, -0.2) is 9.97 Å². The first kappa shape index (κ1) is 30.9. The van der Waals surface area contributed by atoms with Crippen LogP contribution in [0, 0.1) is 6.92 Å². The predicted molar refractivity (Wildman–Crippen MR) is 190 cm³/mol. The van der Waals surface area contributed by atoms with E-state index in [1.165, 1.54) is 33.4 Å². The molecule has 6 heteroatoms. The summed E-state index contributed by atoms with van der Waals surface area (Å²) < 4.78 is 0. The van der Waals surface area contributed by atoms with Gasteiger partial charge in [-0.05, 0) is 121 Å². The highest BCUT2D eigenvalue weighted by Crippen LogP contribution is 2.49. The lowest BCUT2D eigenvalue weighted by molar-refractivity contribution is -0.00950. The van der Waals surface area contributed by atoms with E-state index in [1.807, 2.05) is 0 Å². The number of hydrogen-bond acceptors (Lipinski definition) is 4. The van der Waals surface area contributed by atoms with Crippen LogP contribution in [0.25, 0.3) is 44.4 Å². The number of aryl methyl sites for hydroxylation is 2. The van der Waals surface area contributed by atoms with Crippen LogP contribution in [-0.4, -0.2) is 42.4 Å². The third kappa shape index (κ3) is 4.84. The third-order valence-electron chi connectivity index (χ3n) is 10.9. The minimum Gasteiger partial charge on any atom is -0.389 e. The van der Waals surface area contributed by atoms with Crippen LogP contribution in [0.3, 0.4) is 0 Å². The van der Waals surface area contributed by atoms with Gasteiger partial charge in [-0.15, -0.1) is 0 Å². The Morgan fingerprint density at radius 3 is 1.76 bits per heavy atom. The molecule has 3 aromatic heterocycles. The highest BCUT2D eigenvalue weighted by Gasteiger charge is 2.44. The maximum atomic E-state index is 11.1. The topological polar surface area (TPSA) is 97.8 Å². The summed E-state index contributed by atoms with van der Waals surface area (Å²) in [6.07, 6.45) is 10.8. The highest BCUT2D eigenvalue weighted by atomic mass is 16.3. The molecule has 5 heterocycles. The lowest BCUT2D eigenvalue weighted by atomic mass is 9.69. The molecule has 0 amide bonds. The number of nitrogens with zero attached hydrogens (tertiary/aromatic N) is 2. The molecule has 0 aromatic carbocycles. The first-order valence-corrected chi connectivity index (χ1v) is 17.5. The molecule has 3 aromatic rings. The SMILES string of the molecule is CCCCC1=C(C)c2cc3[nH]c(cc4[nH]c(cc5nc(cc1n2)C(CC)=C5CC)c(CCCC)c4C)c1c3C2C=CC1C(O)C2O. The van der Waals surface area contributed by atoms with E-state index in [9.17, 15) is 10.2 Å². The van der Waals surface area contributed by atoms with Crippen LogP contribution in [-0.2, 0) is 6.42 Å². The van der Waals surface area contributed by atoms with Gasteiger partial charge >= 0.3 is 0 Å². The van der Waals surface area contributed by atoms with Gasteiger partial charge in [0.1, 0.15) is 0 Å². The molecule has 0 radical (unpaired) electrons. The molecule has 0 spiro atoms. The summed E-state index contributed by atoms with van der Waals surface area (Å²) >= 11 is 0. The number of rotatable bonds is 8. The maximum absolute atomic E-state index is 11.1. The van der Waals surface area contributed by atoms with Crippen LogP contribution in [0.1, 0.15) is 136 Å². The Hall–Kier alpha value is -3.74. The molecule has 8 rings (SSSR count). The van der Waals surface area contributed by atoms with Gasteiger partial charge in [0.15, 0.2) is 0 Å². The lowest BCUT2D eigenvalue weighted by Crippen LogP contribution is -2.42. The molecule has 2 aliphatic heterocycles. The van der Waals surface area contributed by atoms with Gasteiger partial charge in [0.25, 0.3) is 0 Å². The Morgan fingerprint density at radius 1 is 0.609 bits per heavy atom. The summed E-state index contributed by atoms with van der Waals surface area (Å²) in [4.78, 5) is 18.2. The van der Waals surface area contributed by atoms with Crippen molar-refractivity contribution in [3.05, 3.63) is 81.4 Å². The average molecular weight is 617 g/mol. The first-order chi connectivity index (χ1) is 22.3. The molecular weight excluding hydrogens is 568 g/mol. The molecule has 4 atom stereocenters. The summed E-state index contributed by atoms with van der Waals surface area (Å²) in [6, 6.07) is 8.90. The minimum absolute atomic E-state index is 0.272. The van der Waals surface area contributed by atoms with Gasteiger partial charge in [-0.3, -0.25) is 0 Å². The molecule has 0 saturated heterocycles. The second-order valence-electron chi connectivity index (χ2n) is 13.6. The van der Waals surface area contributed by atoms with Crippen LogP contribution in [0.4, 0.5) is 0 Å². The fourth-order valence-corrected chi connectivity index (χ4v) is 8.27. The van der Waals surface area contributed by atoms with Gasteiger partial charge in [0.2, 0.25) is 0 Å². The van der Waals surface area contributed by atoms with E-state index in [0.29, 0.717) is 0 Å². The second kappa shape index (κ2) is 12.1. The van der Waals surface area contributed by atoms with Gasteiger partial charge in [0.05, 0.1) is 35.0 Å². The Morgan fingerprint density at radius 2 is 1.13 bits per heavy atom. The van der Waals surface area contributed by atoms with Gasteiger partial charge in [-0.1, -0.05) is 52.7 Å². The van der Waals surface area contributed by atoms with Crippen LogP contribution in [0.15, 0.2) is 36.4 Å². The largest absolute Gasteiger partial charge is 0.389 e. The number of unbranched alkanes of at least 4 members (excludes halogenated alkanes) is 2. The first-order valence-electron chi connectivity index (χ1n) is 17.5. The number of H-pyrrole nitrogens is 2. The summed E-state index contributed by atoms with van der Waals surface area (Å²) in [5, 5.41) is 22.3. The maximum Gasteiger partial charge on any atom is 0.0912 e. The molecule has 3 aliphatic carbocycles. The average Bonchev–Trinajstić information content (AvgIpc) is 3.75. The zero-order valence-electron chi connectivity index (χ0n) is 28.2. The van der Waals surface area contributed by atoms with Gasteiger partial charge in [0, 0.05) is 33.9 Å². The summed E-state index contributed by atoms with van der Waals surface area (Å²) in [5.41, 5.74) is 18.1. The van der Waals surface area contributed by atoms with E-state index < -0.39 is 12.2 Å². The van der Waals surface area contributed by atoms with E-state index >= 15 is 0 Å². The van der Waals surface area contributed by atoms with Crippen molar-refractivity contribution in [3.63, 3.8) is 0 Å². The molecule has 0 saturated carbocycles. The number of allylic oxidation sites excluding steroid dienone is 4. The highest BCUT2D eigenvalue weighted by molar-refractivity contribution is 5.96. The van der Waals surface area contributed by atoms with Gasteiger partial charge in [-0.2, -0.15) is 0 Å². The number of aliphatic hydroxyl groups is 2. The van der Waals surface area contributed by atoms with Gasteiger partial charge < -0.3 is 20.2 Å². The molecule has 10 bridgehead atoms. The number of fused-ring (bicyclic) bond motifs is 9. The molecular formula is C40H48N4O2. The Kier molecular flexibility index (Phi) is 8.14. The van der Waals surface area contributed by atoms with E-state index in [-0.39, 0.29) is 11.8 Å². The lowest BCUT2D eigenvalue weighted by Gasteiger charge is -2.39. The van der Waals surface area contributed by atoms with E-state index in [1.54, 1.807) is 0 Å². The molecule has 4 N–H and O–H groups in total. The summed E-state index contributed by atoms with van der Waals surface area (Å²) in [5.74, 6) is -0.547. The zero-order valence-corrected chi connectivity index (χ0v) is 28.2. The molecule has 5 aliphatic rings. The quantitative estimate of drug-likeness (QED) is 0.190. The fraction of sp³-hybridized carbons (Fsp3) is 0.450. The number of aromatic nitrogens is 4. The summed E-state index contributed by atoms with van der Waals surface area (Å²) in [6.45, 7) is 13.4. The van der Waals surface area contributed by atoms with Crippen molar-refractivity contribution in [3.8, 4) is 0 Å². The van der Waals surface area contributed by atoms with Crippen LogP contribution < -0.4 is 0 Å². The number of nitrogens with one attached hydrogen (secondary N) is 2. The summed E-state index contributed by atoms with van der Waals surface area (Å²) in [7, 11) is 0. The normalized spacial score (nSPS) is 21.9. The Bertz CT molecular complexity index is 1970. The van der Waals surface area contributed by atoms with Crippen molar-refractivity contribution in [2.75, 3.05) is 0 Å². The Labute approximate surface area is 272 Å². The predicted octanol–water partition coefficient (Wildman–Crippen LogP) is 9.29. The molecule has 4 unspecified atom stereocenters. The van der Waals surface area contributed by atoms with E-state index in [2.05, 4.69) is 87.9 Å². The minimum atomic E-state index is -0.836. The fourth-order valence-electron chi connectivity index (χ4n) is 8.27. The second-order valence-corrected chi connectivity index (χ2v) is 13.6. The molecule has 6 nitrogen and oxygen atoms in total. The molecule has 0 fully saturated rings. The van der Waals surface area contributed by atoms with Crippen LogP contribution in [0.2, 0.25) is 0 Å². The van der Waals surface area contributed by atoms with E-state index in [4.69, 9.17) is 9.97 Å². The van der Waals surface area contributed by atoms with Crippen molar-refractivity contribution in [1.29, 1.82) is 0 Å². The van der Waals surface area contributed by atoms with Crippen molar-refractivity contribution in [2.24, 2.45) is 0 Å². The van der Waals surface area contributed by atoms with Crippen molar-refractivity contribution in [1.82, 2.24) is 19.9 Å². The monoisotopic (exact) mass is 616 g/mol. The number of hydrogen-bond donors (Lipinski definition) is 4. The number of aliphatic hydroxyl groups excluding tert-OH is 2. The smallest absolute Gasteiger partial charge is 0.0912 e. The third-order valence-corrected chi connectivity index (χ3v) is 10.9. The zero-order chi connectivity index (χ0) is 32.3. The van der Waals surface area contributed by atoms with Crippen LogP contribution in [0.5, 0.6) is 0 Å². The Balaban J connectivity index is 1.63. The van der Waals surface area contributed by atoms with Crippen molar-refractivity contribution >= 4 is 44.4 Å². The van der Waals surface area contributed by atoms with Crippen molar-refractivity contribution < 1.29 is 10.2 Å². The van der Waals surface area contributed by atoms with E-state index in [0.717, 1.165) is 107 Å². The molecule has 46 heavy (non-hydrogen) atoms. The van der Waals surface area contributed by atoms with Crippen LogP contribution >= 0.6 is 0 Å². The van der Waals surface area contributed by atoms with Crippen molar-refractivity contribution in [2.45, 2.75) is 117 Å².